The second-order valence-corrected chi connectivity index (χ2v) is 10.1. The fourth-order valence-corrected chi connectivity index (χ4v) is 4.77. The van der Waals surface area contributed by atoms with E-state index in [1.807, 2.05) is 0 Å². The standard InChI is InChI=1S/C24H25N7O6S/c1-14-8-6-9-17(27-14)23-28-29-24(31(23)20-18(32)10-7-11-19(20)36-4)30-38(33,34)15(2)21(37-5)22-25-12-16(35-3)13-26-22/h7-8,10-13,15,21,32H,1-5H3,(H,29,30)/t15-,21+/m1/s1. The van der Waals surface area contributed by atoms with Crippen LogP contribution in [0.3, 0.4) is 0 Å². The molecule has 2 aromatic heterocycles. The van der Waals surface area contributed by atoms with Crippen LogP contribution in [-0.4, -0.2) is 70.5 Å². The molecule has 0 aliphatic carbocycles. The Labute approximate surface area is 218 Å². The number of allylic oxidation sites excluding steroid dienone is 1. The number of rotatable bonds is 10. The number of anilines is 1. The molecule has 0 radical (unpaired) electrons. The average molecular weight is 540 g/mol. The van der Waals surface area contributed by atoms with E-state index >= 15 is 0 Å². The van der Waals surface area contributed by atoms with E-state index in [4.69, 9.17) is 14.2 Å². The van der Waals surface area contributed by atoms with Gasteiger partial charge >= 0.3 is 0 Å². The van der Waals surface area contributed by atoms with Crippen LogP contribution in [0.15, 0.2) is 53.1 Å². The van der Waals surface area contributed by atoms with Crippen molar-refractivity contribution in [2.45, 2.75) is 25.2 Å². The molecular formula is C24H25N7O6S. The van der Waals surface area contributed by atoms with Crippen molar-refractivity contribution in [2.24, 2.45) is 4.99 Å². The largest absolute Gasteiger partial charge is 0.506 e. The number of aromatic hydroxyl groups is 1. The van der Waals surface area contributed by atoms with Gasteiger partial charge in [0.1, 0.15) is 28.5 Å². The lowest BCUT2D eigenvalue weighted by molar-refractivity contribution is 0.0948. The number of hydrogen-bond donors (Lipinski definition) is 2. The van der Waals surface area contributed by atoms with Crippen LogP contribution in [0.5, 0.6) is 17.2 Å². The molecule has 2 atom stereocenters. The van der Waals surface area contributed by atoms with Gasteiger partial charge in [-0.25, -0.2) is 23.4 Å². The Morgan fingerprint density at radius 3 is 2.47 bits per heavy atom. The van der Waals surface area contributed by atoms with Gasteiger partial charge in [0.15, 0.2) is 23.1 Å². The third-order valence-corrected chi connectivity index (χ3v) is 7.29. The molecule has 1 aliphatic rings. The molecule has 4 rings (SSSR count). The molecule has 0 amide bonds. The molecule has 38 heavy (non-hydrogen) atoms. The van der Waals surface area contributed by atoms with Gasteiger partial charge in [-0.2, -0.15) is 0 Å². The van der Waals surface area contributed by atoms with Crippen molar-refractivity contribution in [3.05, 3.63) is 59.8 Å². The summed E-state index contributed by atoms with van der Waals surface area (Å²) in [7, 11) is 0.0370. The fourth-order valence-electron chi connectivity index (χ4n) is 3.64. The van der Waals surface area contributed by atoms with Gasteiger partial charge in [0, 0.05) is 18.9 Å². The zero-order chi connectivity index (χ0) is 27.4. The van der Waals surface area contributed by atoms with Crippen LogP contribution < -0.4 is 14.2 Å². The Hall–Kier alpha value is -4.48. The first-order valence-corrected chi connectivity index (χ1v) is 12.7. The van der Waals surface area contributed by atoms with Gasteiger partial charge in [-0.15, -0.1) is 10.2 Å². The monoisotopic (exact) mass is 539 g/mol. The van der Waals surface area contributed by atoms with Crippen LogP contribution >= 0.6 is 0 Å². The number of aromatic nitrogens is 5. The van der Waals surface area contributed by atoms with Gasteiger partial charge in [-0.3, -0.25) is 9.29 Å². The van der Waals surface area contributed by atoms with Crippen molar-refractivity contribution in [2.75, 3.05) is 26.1 Å². The second kappa shape index (κ2) is 10.9. The summed E-state index contributed by atoms with van der Waals surface area (Å²) in [5.41, 5.74) is 6.62. The number of para-hydroxylation sites is 1. The maximum atomic E-state index is 13.5. The van der Waals surface area contributed by atoms with Crippen LogP contribution in [0, 0.1) is 0 Å². The lowest BCUT2D eigenvalue weighted by atomic mass is 10.2. The Kier molecular flexibility index (Phi) is 7.60. The number of nitrogens with zero attached hydrogens (tertiary/aromatic N) is 6. The number of phenolic OH excluding ortho intramolecular Hbond substituents is 1. The number of ether oxygens (including phenoxy) is 3. The highest BCUT2D eigenvalue weighted by molar-refractivity contribution is 7.93. The molecule has 0 fully saturated rings. The molecule has 3 aromatic rings. The Bertz CT molecular complexity index is 1580. The van der Waals surface area contributed by atoms with Gasteiger partial charge in [-0.05, 0) is 31.7 Å². The Morgan fingerprint density at radius 2 is 1.84 bits per heavy atom. The summed E-state index contributed by atoms with van der Waals surface area (Å²) in [6.07, 6.45) is 3.42. The maximum absolute atomic E-state index is 13.5. The molecule has 0 saturated heterocycles. The van der Waals surface area contributed by atoms with Crippen LogP contribution in [0.2, 0.25) is 0 Å². The number of nitrogens with one attached hydrogen (secondary N) is 1. The van der Waals surface area contributed by atoms with Crippen LogP contribution in [-0.2, 0) is 14.8 Å². The van der Waals surface area contributed by atoms with Crippen LogP contribution in [0.1, 0.15) is 31.6 Å². The summed E-state index contributed by atoms with van der Waals surface area (Å²) in [6.45, 7) is 3.20. The molecule has 198 valence electrons. The number of sulfonamides is 1. The average Bonchev–Trinajstić information content (AvgIpc) is 3.31. The van der Waals surface area contributed by atoms with E-state index in [0.29, 0.717) is 11.5 Å². The van der Waals surface area contributed by atoms with Gasteiger partial charge in [0.05, 0.1) is 26.6 Å². The van der Waals surface area contributed by atoms with E-state index in [-0.39, 0.29) is 40.5 Å². The van der Waals surface area contributed by atoms with Crippen molar-refractivity contribution in [3.8, 4) is 22.9 Å². The SMILES string of the molecule is COc1cnc([C@@H](OC)[C@@H](C)S(=O)(=O)Nc2nnc(C3=C=C=CC(C)=N3)n2-c2c(O)cccc2OC)nc1. The number of benzene rings is 1. The van der Waals surface area contributed by atoms with Crippen LogP contribution in [0.4, 0.5) is 5.95 Å². The molecule has 14 heteroatoms. The highest BCUT2D eigenvalue weighted by atomic mass is 32.2. The van der Waals surface area contributed by atoms with E-state index in [2.05, 4.69) is 41.3 Å². The zero-order valence-corrected chi connectivity index (χ0v) is 22.0. The minimum Gasteiger partial charge on any atom is -0.506 e. The summed E-state index contributed by atoms with van der Waals surface area (Å²) < 4.78 is 46.8. The minimum absolute atomic E-state index is 0.0943. The summed E-state index contributed by atoms with van der Waals surface area (Å²) >= 11 is 0. The van der Waals surface area contributed by atoms with Gasteiger partial charge in [0.2, 0.25) is 16.0 Å². The van der Waals surface area contributed by atoms with Crippen molar-refractivity contribution < 1.29 is 27.7 Å². The second-order valence-electron chi connectivity index (χ2n) is 8.02. The molecule has 0 bridgehead atoms. The maximum Gasteiger partial charge on any atom is 0.243 e. The molecule has 0 unspecified atom stereocenters. The highest BCUT2D eigenvalue weighted by Gasteiger charge is 2.35. The molecule has 0 spiro atoms. The number of hydrogen-bond acceptors (Lipinski definition) is 11. The van der Waals surface area contributed by atoms with E-state index in [1.165, 1.54) is 51.3 Å². The van der Waals surface area contributed by atoms with E-state index in [0.717, 1.165) is 0 Å². The summed E-state index contributed by atoms with van der Waals surface area (Å²) in [4.78, 5) is 12.7. The molecule has 1 aliphatic heterocycles. The smallest absolute Gasteiger partial charge is 0.243 e. The Balaban J connectivity index is 1.81. The lowest BCUT2D eigenvalue weighted by Gasteiger charge is -2.22. The number of methoxy groups -OCH3 is 3. The summed E-state index contributed by atoms with van der Waals surface area (Å²) in [5, 5.41) is 17.8. The zero-order valence-electron chi connectivity index (χ0n) is 21.2. The first-order valence-electron chi connectivity index (χ1n) is 11.2. The first-order chi connectivity index (χ1) is 18.2. The van der Waals surface area contributed by atoms with Crippen molar-refractivity contribution in [1.82, 2.24) is 24.7 Å². The molecule has 0 saturated carbocycles. The minimum atomic E-state index is -4.20. The van der Waals surface area contributed by atoms with Crippen molar-refractivity contribution >= 4 is 27.4 Å². The quantitative estimate of drug-likeness (QED) is 0.366. The van der Waals surface area contributed by atoms with Gasteiger partial charge in [-0.1, -0.05) is 11.8 Å². The van der Waals surface area contributed by atoms with E-state index in [1.54, 1.807) is 25.1 Å². The fraction of sp³-hybridized carbons (Fsp3) is 0.292. The van der Waals surface area contributed by atoms with Gasteiger partial charge in [0.25, 0.3) is 0 Å². The molecule has 13 nitrogen and oxygen atoms in total. The topological polar surface area (TPSA) is 163 Å². The van der Waals surface area contributed by atoms with E-state index < -0.39 is 21.4 Å². The summed E-state index contributed by atoms with van der Waals surface area (Å²) in [6, 6.07) is 4.60. The van der Waals surface area contributed by atoms with Gasteiger partial charge < -0.3 is 19.3 Å². The first kappa shape index (κ1) is 26.6. The molecular weight excluding hydrogens is 514 g/mol. The van der Waals surface area contributed by atoms with Crippen molar-refractivity contribution in [1.29, 1.82) is 0 Å². The lowest BCUT2D eigenvalue weighted by Crippen LogP contribution is -2.33. The van der Waals surface area contributed by atoms with Crippen LogP contribution in [0.25, 0.3) is 11.4 Å². The number of phenols is 1. The predicted molar refractivity (Wildman–Crippen MR) is 138 cm³/mol. The number of aliphatic imine (C=N–C) groups is 1. The highest BCUT2D eigenvalue weighted by Crippen LogP contribution is 2.36. The molecule has 3 heterocycles. The third kappa shape index (κ3) is 5.15. The Morgan fingerprint density at radius 1 is 1.11 bits per heavy atom. The normalized spacial score (nSPS) is 14.4. The molecule has 2 N–H and O–H groups in total. The summed E-state index contributed by atoms with van der Waals surface area (Å²) in [5.74, 6) is 0.443. The van der Waals surface area contributed by atoms with Crippen molar-refractivity contribution in [3.63, 3.8) is 0 Å². The van der Waals surface area contributed by atoms with E-state index in [9.17, 15) is 13.5 Å². The predicted octanol–water partition coefficient (Wildman–Crippen LogP) is 2.42. The molecule has 1 aromatic carbocycles. The third-order valence-electron chi connectivity index (χ3n) is 5.60.